The number of anilines is 1. The van der Waals surface area contributed by atoms with Crippen molar-refractivity contribution in [2.45, 2.75) is 27.2 Å². The van der Waals surface area contributed by atoms with Gasteiger partial charge in [-0.05, 0) is 31.4 Å². The third-order valence-electron chi connectivity index (χ3n) is 3.73. The molecule has 0 aliphatic carbocycles. The number of nitro benzene ring substituents is 1. The van der Waals surface area contributed by atoms with E-state index in [2.05, 4.69) is 0 Å². The Hall–Kier alpha value is -1.89. The Labute approximate surface area is 133 Å². The molecule has 0 saturated carbocycles. The highest BCUT2D eigenvalue weighted by Crippen LogP contribution is 2.33. The molecule has 22 heavy (non-hydrogen) atoms. The highest BCUT2D eigenvalue weighted by molar-refractivity contribution is 8.13. The van der Waals surface area contributed by atoms with Gasteiger partial charge < -0.3 is 4.90 Å². The first-order chi connectivity index (χ1) is 10.3. The Morgan fingerprint density at radius 2 is 2.09 bits per heavy atom. The molecule has 1 aliphatic heterocycles. The van der Waals surface area contributed by atoms with E-state index in [1.807, 2.05) is 0 Å². The van der Waals surface area contributed by atoms with Gasteiger partial charge in [-0.3, -0.25) is 19.7 Å². The highest BCUT2D eigenvalue weighted by atomic mass is 32.2. The predicted molar refractivity (Wildman–Crippen MR) is 86.2 cm³/mol. The predicted octanol–water partition coefficient (Wildman–Crippen LogP) is 2.84. The van der Waals surface area contributed by atoms with Crippen molar-refractivity contribution in [3.8, 4) is 0 Å². The molecule has 1 heterocycles. The van der Waals surface area contributed by atoms with Crippen LogP contribution in [0.2, 0.25) is 0 Å². The number of hydrogen-bond donors (Lipinski definition) is 0. The number of benzene rings is 1. The largest absolute Gasteiger partial charge is 0.312 e. The topological polar surface area (TPSA) is 80.5 Å². The van der Waals surface area contributed by atoms with Crippen LogP contribution in [-0.2, 0) is 9.59 Å². The Kier molecular flexibility index (Phi) is 4.85. The Morgan fingerprint density at radius 3 is 2.68 bits per heavy atom. The summed E-state index contributed by atoms with van der Waals surface area (Å²) in [5, 5.41) is 11.0. The quantitative estimate of drug-likeness (QED) is 0.629. The number of hydrogen-bond acceptors (Lipinski definition) is 5. The van der Waals surface area contributed by atoms with Crippen molar-refractivity contribution in [3.63, 3.8) is 0 Å². The first-order valence-electron chi connectivity index (χ1n) is 6.99. The van der Waals surface area contributed by atoms with Gasteiger partial charge in [-0.25, -0.2) is 0 Å². The van der Waals surface area contributed by atoms with E-state index in [1.165, 1.54) is 24.8 Å². The molecule has 1 fully saturated rings. The van der Waals surface area contributed by atoms with Crippen molar-refractivity contribution in [1.29, 1.82) is 0 Å². The van der Waals surface area contributed by atoms with Crippen LogP contribution in [0.1, 0.15) is 24.5 Å². The summed E-state index contributed by atoms with van der Waals surface area (Å²) in [6.45, 7) is 5.51. The lowest BCUT2D eigenvalue weighted by atomic mass is 10.1. The number of amides is 1. The second kappa shape index (κ2) is 6.48. The van der Waals surface area contributed by atoms with E-state index in [9.17, 15) is 19.7 Å². The third-order valence-corrected chi connectivity index (χ3v) is 4.77. The molecule has 0 bridgehead atoms. The van der Waals surface area contributed by atoms with Crippen LogP contribution in [0.4, 0.5) is 11.4 Å². The van der Waals surface area contributed by atoms with Crippen LogP contribution in [0, 0.1) is 29.9 Å². The molecule has 2 rings (SSSR count). The summed E-state index contributed by atoms with van der Waals surface area (Å²) in [6.07, 6.45) is 0.412. The van der Waals surface area contributed by atoms with Gasteiger partial charge in [0, 0.05) is 43.0 Å². The molecular weight excluding hydrogens is 304 g/mol. The molecule has 1 aromatic rings. The minimum atomic E-state index is -0.412. The lowest BCUT2D eigenvalue weighted by Crippen LogP contribution is -2.25. The first-order valence-corrected chi connectivity index (χ1v) is 7.97. The standard InChI is InChI=1S/C15H18N2O4S/c1-9-5-14(17(20)21)10(2)4-13(9)16-7-12(6-15(16)19)8-22-11(3)18/h4-5,12H,6-8H2,1-3H3. The van der Waals surface area contributed by atoms with Gasteiger partial charge in [0.15, 0.2) is 5.12 Å². The maximum atomic E-state index is 12.2. The molecule has 0 N–H and O–H groups in total. The minimum absolute atomic E-state index is 0.00510. The van der Waals surface area contributed by atoms with Gasteiger partial charge in [-0.2, -0.15) is 0 Å². The summed E-state index contributed by atoms with van der Waals surface area (Å²) in [5.41, 5.74) is 2.05. The summed E-state index contributed by atoms with van der Waals surface area (Å²) in [6, 6.07) is 3.21. The molecule has 1 unspecified atom stereocenters. The lowest BCUT2D eigenvalue weighted by Gasteiger charge is -2.19. The second-order valence-electron chi connectivity index (χ2n) is 5.56. The molecule has 6 nitrogen and oxygen atoms in total. The number of carbonyl (C=O) groups is 2. The van der Waals surface area contributed by atoms with E-state index >= 15 is 0 Å². The summed E-state index contributed by atoms with van der Waals surface area (Å²) in [7, 11) is 0. The highest BCUT2D eigenvalue weighted by Gasteiger charge is 2.32. The van der Waals surface area contributed by atoms with Crippen LogP contribution in [-0.4, -0.2) is 28.2 Å². The number of rotatable bonds is 4. The zero-order valence-electron chi connectivity index (χ0n) is 12.8. The van der Waals surface area contributed by atoms with E-state index in [0.717, 1.165) is 5.69 Å². The maximum Gasteiger partial charge on any atom is 0.272 e. The Morgan fingerprint density at radius 1 is 1.41 bits per heavy atom. The van der Waals surface area contributed by atoms with Crippen molar-refractivity contribution in [2.24, 2.45) is 5.92 Å². The monoisotopic (exact) mass is 322 g/mol. The van der Waals surface area contributed by atoms with Gasteiger partial charge >= 0.3 is 0 Å². The SMILES string of the molecule is CC(=O)SCC1CC(=O)N(c2cc(C)c([N+](=O)[O-])cc2C)C1. The third kappa shape index (κ3) is 3.47. The molecule has 0 spiro atoms. The molecule has 118 valence electrons. The fraction of sp³-hybridized carbons (Fsp3) is 0.467. The molecular formula is C15H18N2O4S. The zero-order valence-corrected chi connectivity index (χ0v) is 13.6. The van der Waals surface area contributed by atoms with E-state index in [1.54, 1.807) is 24.8 Å². The van der Waals surface area contributed by atoms with Gasteiger partial charge in [0.2, 0.25) is 5.91 Å². The number of carbonyl (C=O) groups excluding carboxylic acids is 2. The van der Waals surface area contributed by atoms with Crippen molar-refractivity contribution in [1.82, 2.24) is 0 Å². The number of aryl methyl sites for hydroxylation is 2. The van der Waals surface area contributed by atoms with Crippen LogP contribution in [0.15, 0.2) is 12.1 Å². The van der Waals surface area contributed by atoms with Gasteiger partial charge in [-0.15, -0.1) is 0 Å². The fourth-order valence-corrected chi connectivity index (χ4v) is 3.33. The van der Waals surface area contributed by atoms with Crippen molar-refractivity contribution in [2.75, 3.05) is 17.2 Å². The second-order valence-corrected chi connectivity index (χ2v) is 6.76. The minimum Gasteiger partial charge on any atom is -0.312 e. The lowest BCUT2D eigenvalue weighted by molar-refractivity contribution is -0.385. The van der Waals surface area contributed by atoms with Crippen LogP contribution in [0.3, 0.4) is 0 Å². The van der Waals surface area contributed by atoms with Crippen molar-refractivity contribution in [3.05, 3.63) is 33.4 Å². The van der Waals surface area contributed by atoms with E-state index in [-0.39, 0.29) is 22.6 Å². The first kappa shape index (κ1) is 16.5. The molecule has 1 aliphatic rings. The van der Waals surface area contributed by atoms with Gasteiger partial charge in [0.05, 0.1) is 4.92 Å². The van der Waals surface area contributed by atoms with E-state index < -0.39 is 4.92 Å². The molecule has 7 heteroatoms. The smallest absolute Gasteiger partial charge is 0.272 e. The number of nitro groups is 1. The average molecular weight is 322 g/mol. The van der Waals surface area contributed by atoms with Crippen LogP contribution < -0.4 is 4.90 Å². The van der Waals surface area contributed by atoms with Gasteiger partial charge in [0.1, 0.15) is 0 Å². The van der Waals surface area contributed by atoms with Gasteiger partial charge in [0.25, 0.3) is 5.69 Å². The molecule has 1 aromatic carbocycles. The zero-order chi connectivity index (χ0) is 16.4. The molecule has 0 aromatic heterocycles. The van der Waals surface area contributed by atoms with E-state index in [0.29, 0.717) is 29.8 Å². The summed E-state index contributed by atoms with van der Waals surface area (Å²) < 4.78 is 0. The van der Waals surface area contributed by atoms with Crippen LogP contribution in [0.5, 0.6) is 0 Å². The number of nitrogens with zero attached hydrogens (tertiary/aromatic N) is 2. The summed E-state index contributed by atoms with van der Waals surface area (Å²) >= 11 is 1.23. The normalized spacial score (nSPS) is 17.9. The summed E-state index contributed by atoms with van der Waals surface area (Å²) in [5.74, 6) is 0.768. The van der Waals surface area contributed by atoms with Crippen LogP contribution >= 0.6 is 11.8 Å². The fourth-order valence-electron chi connectivity index (χ4n) is 2.63. The van der Waals surface area contributed by atoms with E-state index in [4.69, 9.17) is 0 Å². The Balaban J connectivity index is 2.21. The Bertz CT molecular complexity index is 645. The molecule has 1 saturated heterocycles. The molecule has 1 atom stereocenters. The molecule has 1 amide bonds. The summed E-state index contributed by atoms with van der Waals surface area (Å²) in [4.78, 5) is 35.5. The van der Waals surface area contributed by atoms with Gasteiger partial charge in [-0.1, -0.05) is 11.8 Å². The van der Waals surface area contributed by atoms with Crippen LogP contribution in [0.25, 0.3) is 0 Å². The maximum absolute atomic E-state index is 12.2. The molecule has 0 radical (unpaired) electrons. The van der Waals surface area contributed by atoms with Crippen molar-refractivity contribution < 1.29 is 14.5 Å². The van der Waals surface area contributed by atoms with Crippen molar-refractivity contribution >= 4 is 34.2 Å². The number of thioether (sulfide) groups is 1. The average Bonchev–Trinajstić information content (AvgIpc) is 2.79.